The highest BCUT2D eigenvalue weighted by molar-refractivity contribution is 7.89. The van der Waals surface area contributed by atoms with Crippen LogP contribution in [0.15, 0.2) is 29.2 Å². The summed E-state index contributed by atoms with van der Waals surface area (Å²) in [7, 11) is -3.28. The molecule has 1 atom stereocenters. The summed E-state index contributed by atoms with van der Waals surface area (Å²) in [6, 6.07) is 7.39. The minimum Gasteiger partial charge on any atom is -0.207 e. The maximum atomic E-state index is 12.6. The zero-order valence-corrected chi connectivity index (χ0v) is 13.3. The van der Waals surface area contributed by atoms with Crippen LogP contribution in [-0.4, -0.2) is 25.3 Å². The van der Waals surface area contributed by atoms with Gasteiger partial charge in [-0.2, -0.15) is 4.31 Å². The summed E-state index contributed by atoms with van der Waals surface area (Å²) in [5, 5.41) is 0. The van der Waals surface area contributed by atoms with E-state index in [1.165, 1.54) is 19.3 Å². The van der Waals surface area contributed by atoms with Gasteiger partial charge in [0, 0.05) is 12.6 Å². The van der Waals surface area contributed by atoms with E-state index in [1.807, 2.05) is 19.1 Å². The molecule has 1 aromatic carbocycles. The predicted octanol–water partition coefficient (Wildman–Crippen LogP) is 3.73. The first-order valence-corrected chi connectivity index (χ1v) is 9.08. The highest BCUT2D eigenvalue weighted by atomic mass is 32.2. The Morgan fingerprint density at radius 1 is 1.15 bits per heavy atom. The molecule has 0 radical (unpaired) electrons. The van der Waals surface area contributed by atoms with E-state index in [4.69, 9.17) is 0 Å². The van der Waals surface area contributed by atoms with Gasteiger partial charge < -0.3 is 0 Å². The highest BCUT2D eigenvalue weighted by Gasteiger charge is 2.37. The molecule has 1 saturated heterocycles. The van der Waals surface area contributed by atoms with Gasteiger partial charge in [-0.15, -0.1) is 0 Å². The highest BCUT2D eigenvalue weighted by Crippen LogP contribution is 2.30. The molecule has 112 valence electrons. The lowest BCUT2D eigenvalue weighted by molar-refractivity contribution is 0.184. The Morgan fingerprint density at radius 3 is 2.40 bits per heavy atom. The second-order valence-corrected chi connectivity index (χ2v) is 7.61. The van der Waals surface area contributed by atoms with Crippen molar-refractivity contribution in [2.75, 3.05) is 6.54 Å². The van der Waals surface area contributed by atoms with Crippen LogP contribution in [0.25, 0.3) is 0 Å². The fourth-order valence-corrected chi connectivity index (χ4v) is 4.37. The van der Waals surface area contributed by atoms with E-state index in [0.29, 0.717) is 11.4 Å². The molecule has 4 heteroatoms. The summed E-state index contributed by atoms with van der Waals surface area (Å²) in [5.41, 5.74) is 1.09. The Balaban J connectivity index is 1.97. The molecule has 2 rings (SSSR count). The van der Waals surface area contributed by atoms with Crippen LogP contribution in [0.1, 0.15) is 51.0 Å². The number of hydrogen-bond acceptors (Lipinski definition) is 2. The maximum Gasteiger partial charge on any atom is 0.243 e. The number of nitrogens with zero attached hydrogens (tertiary/aromatic N) is 1. The van der Waals surface area contributed by atoms with Crippen molar-refractivity contribution >= 4 is 10.0 Å². The molecule has 1 aliphatic heterocycles. The SMILES string of the molecule is CCCCCC[C@@H]1CCN1S(=O)(=O)c1ccc(C)cc1. The third-order valence-electron chi connectivity index (χ3n) is 4.11. The third-order valence-corrected chi connectivity index (χ3v) is 6.07. The monoisotopic (exact) mass is 295 g/mol. The molecular formula is C16H25NO2S. The first kappa shape index (κ1) is 15.5. The average molecular weight is 295 g/mol. The van der Waals surface area contributed by atoms with Crippen LogP contribution >= 0.6 is 0 Å². The molecule has 0 amide bonds. The van der Waals surface area contributed by atoms with Crippen LogP contribution in [0.5, 0.6) is 0 Å². The summed E-state index contributed by atoms with van der Waals surface area (Å²) < 4.78 is 26.8. The molecule has 0 aliphatic carbocycles. The number of unbranched alkanes of at least 4 members (excludes halogenated alkanes) is 3. The predicted molar refractivity (Wildman–Crippen MR) is 82.2 cm³/mol. The molecule has 1 aliphatic rings. The Labute approximate surface area is 123 Å². The van der Waals surface area contributed by atoms with Crippen molar-refractivity contribution in [1.29, 1.82) is 0 Å². The van der Waals surface area contributed by atoms with Crippen molar-refractivity contribution in [2.24, 2.45) is 0 Å². The van der Waals surface area contributed by atoms with E-state index in [-0.39, 0.29) is 6.04 Å². The van der Waals surface area contributed by atoms with Crippen LogP contribution < -0.4 is 0 Å². The summed E-state index contributed by atoms with van der Waals surface area (Å²) >= 11 is 0. The number of benzene rings is 1. The van der Waals surface area contributed by atoms with Crippen molar-refractivity contribution in [3.8, 4) is 0 Å². The minimum absolute atomic E-state index is 0.221. The van der Waals surface area contributed by atoms with E-state index in [0.717, 1.165) is 24.8 Å². The van der Waals surface area contributed by atoms with Gasteiger partial charge in [0.2, 0.25) is 10.0 Å². The maximum absolute atomic E-state index is 12.6. The summed E-state index contributed by atoms with van der Waals surface area (Å²) in [6.07, 6.45) is 6.83. The largest absolute Gasteiger partial charge is 0.243 e. The van der Waals surface area contributed by atoms with E-state index in [1.54, 1.807) is 16.4 Å². The smallest absolute Gasteiger partial charge is 0.207 e. The molecule has 0 bridgehead atoms. The van der Waals surface area contributed by atoms with Crippen LogP contribution in [0.2, 0.25) is 0 Å². The summed E-state index contributed by atoms with van der Waals surface area (Å²) in [4.78, 5) is 0.432. The lowest BCUT2D eigenvalue weighted by atomic mass is 10.00. The van der Waals surface area contributed by atoms with Gasteiger partial charge in [0.05, 0.1) is 4.90 Å². The van der Waals surface area contributed by atoms with Gasteiger partial charge in [0.1, 0.15) is 0 Å². The van der Waals surface area contributed by atoms with Gasteiger partial charge >= 0.3 is 0 Å². The van der Waals surface area contributed by atoms with E-state index >= 15 is 0 Å². The second kappa shape index (κ2) is 6.72. The normalized spacial score (nSPS) is 19.8. The zero-order valence-electron chi connectivity index (χ0n) is 12.5. The van der Waals surface area contributed by atoms with Gasteiger partial charge in [-0.3, -0.25) is 0 Å². The van der Waals surface area contributed by atoms with Crippen LogP contribution in [0.3, 0.4) is 0 Å². The molecule has 1 heterocycles. The number of rotatable bonds is 7. The van der Waals surface area contributed by atoms with Crippen molar-refractivity contribution in [1.82, 2.24) is 4.31 Å². The number of hydrogen-bond donors (Lipinski definition) is 0. The van der Waals surface area contributed by atoms with E-state index in [2.05, 4.69) is 6.92 Å². The van der Waals surface area contributed by atoms with Gasteiger partial charge in [0.25, 0.3) is 0 Å². The topological polar surface area (TPSA) is 37.4 Å². The Bertz CT molecular complexity index is 522. The summed E-state index contributed by atoms with van der Waals surface area (Å²) in [5.74, 6) is 0. The number of sulfonamides is 1. The van der Waals surface area contributed by atoms with Gasteiger partial charge in [-0.1, -0.05) is 50.3 Å². The molecule has 0 N–H and O–H groups in total. The van der Waals surface area contributed by atoms with Crippen LogP contribution in [0.4, 0.5) is 0 Å². The zero-order chi connectivity index (χ0) is 14.6. The molecule has 20 heavy (non-hydrogen) atoms. The Kier molecular flexibility index (Phi) is 5.22. The standard InChI is InChI=1S/C16H25NO2S/c1-3-4-5-6-7-15-12-13-17(15)20(18,19)16-10-8-14(2)9-11-16/h8-11,15H,3-7,12-13H2,1-2H3/t15-/m1/s1. The van der Waals surface area contributed by atoms with Crippen molar-refractivity contribution < 1.29 is 8.42 Å². The van der Waals surface area contributed by atoms with Crippen molar-refractivity contribution in [3.05, 3.63) is 29.8 Å². The van der Waals surface area contributed by atoms with Gasteiger partial charge in [0.15, 0.2) is 0 Å². The van der Waals surface area contributed by atoms with Gasteiger partial charge in [-0.25, -0.2) is 8.42 Å². The molecule has 0 aromatic heterocycles. The fraction of sp³-hybridized carbons (Fsp3) is 0.625. The molecule has 3 nitrogen and oxygen atoms in total. The molecule has 1 fully saturated rings. The lowest BCUT2D eigenvalue weighted by Gasteiger charge is -2.39. The minimum atomic E-state index is -3.28. The molecule has 0 saturated carbocycles. The second-order valence-electron chi connectivity index (χ2n) is 5.72. The molecule has 1 aromatic rings. The molecule has 0 unspecified atom stereocenters. The van der Waals surface area contributed by atoms with Crippen LogP contribution in [-0.2, 0) is 10.0 Å². The first-order valence-electron chi connectivity index (χ1n) is 7.64. The van der Waals surface area contributed by atoms with E-state index in [9.17, 15) is 8.42 Å². The number of aryl methyl sites for hydroxylation is 1. The van der Waals surface area contributed by atoms with Crippen LogP contribution in [0, 0.1) is 6.92 Å². The van der Waals surface area contributed by atoms with Crippen molar-refractivity contribution in [3.63, 3.8) is 0 Å². The third kappa shape index (κ3) is 3.41. The quantitative estimate of drug-likeness (QED) is 0.719. The molecule has 0 spiro atoms. The Morgan fingerprint density at radius 2 is 1.85 bits per heavy atom. The van der Waals surface area contributed by atoms with Crippen molar-refractivity contribution in [2.45, 2.75) is 63.3 Å². The average Bonchev–Trinajstić information content (AvgIpc) is 2.37. The first-order chi connectivity index (χ1) is 9.55. The van der Waals surface area contributed by atoms with Gasteiger partial charge in [-0.05, 0) is 31.9 Å². The summed E-state index contributed by atoms with van der Waals surface area (Å²) in [6.45, 7) is 4.84. The van der Waals surface area contributed by atoms with E-state index < -0.39 is 10.0 Å². The Hall–Kier alpha value is -0.870. The lowest BCUT2D eigenvalue weighted by Crippen LogP contribution is -2.50. The fourth-order valence-electron chi connectivity index (χ4n) is 2.67. The molecular weight excluding hydrogens is 270 g/mol.